The van der Waals surface area contributed by atoms with Gasteiger partial charge in [0.1, 0.15) is 12.4 Å². The lowest BCUT2D eigenvalue weighted by molar-refractivity contribution is -0.210. The summed E-state index contributed by atoms with van der Waals surface area (Å²) in [7, 11) is 0. The number of ether oxygens (including phenoxy) is 1. The molecule has 1 aromatic carbocycles. The van der Waals surface area contributed by atoms with Crippen LogP contribution in [-0.2, 0) is 0 Å². The Labute approximate surface area is 115 Å². The first-order chi connectivity index (χ1) is 9.47. The van der Waals surface area contributed by atoms with Gasteiger partial charge in [-0.25, -0.2) is 0 Å². The van der Waals surface area contributed by atoms with Crippen LogP contribution in [-0.4, -0.2) is 50.2 Å². The monoisotopic (exact) mass is 290 g/mol. The summed E-state index contributed by atoms with van der Waals surface area (Å²) in [6, 6.07) is 6.84. The number of rotatable bonds is 4. The Morgan fingerprint density at radius 3 is 2.35 bits per heavy atom. The average Bonchev–Trinajstić information content (AvgIpc) is 2.45. The average molecular weight is 290 g/mol. The molecule has 0 aliphatic carbocycles. The molecule has 0 aromatic heterocycles. The number of aliphatic hydroxyl groups excluding tert-OH is 1. The summed E-state index contributed by atoms with van der Waals surface area (Å²) in [6.07, 6.45) is -7.11. The highest BCUT2D eigenvalue weighted by Crippen LogP contribution is 2.23. The van der Waals surface area contributed by atoms with Crippen molar-refractivity contribution in [1.29, 1.82) is 0 Å². The largest absolute Gasteiger partial charge is 0.491 e. The molecule has 4 nitrogen and oxygen atoms in total. The van der Waals surface area contributed by atoms with Crippen LogP contribution in [0.1, 0.15) is 0 Å². The second kappa shape index (κ2) is 6.32. The third-order valence-corrected chi connectivity index (χ3v) is 3.10. The number of halogens is 3. The first-order valence-electron chi connectivity index (χ1n) is 6.40. The lowest BCUT2D eigenvalue weighted by Gasteiger charge is -2.29. The van der Waals surface area contributed by atoms with Gasteiger partial charge >= 0.3 is 6.18 Å². The molecule has 112 valence electrons. The molecule has 0 radical (unpaired) electrons. The topological polar surface area (TPSA) is 44.7 Å². The molecule has 2 N–H and O–H groups in total. The standard InChI is InChI=1S/C13H17F3N2O2/c14-13(15,16)12(19)9-20-11-3-1-10(2-4-11)18-7-5-17-6-8-18/h1-4,12,17,19H,5-9H2. The molecular formula is C13H17F3N2O2. The van der Waals surface area contributed by atoms with E-state index in [9.17, 15) is 13.2 Å². The van der Waals surface area contributed by atoms with Crippen LogP contribution in [0.2, 0.25) is 0 Å². The highest BCUT2D eigenvalue weighted by Gasteiger charge is 2.38. The summed E-state index contributed by atoms with van der Waals surface area (Å²) in [5, 5.41) is 12.1. The van der Waals surface area contributed by atoms with Crippen molar-refractivity contribution >= 4 is 5.69 Å². The van der Waals surface area contributed by atoms with E-state index in [1.165, 1.54) is 0 Å². The van der Waals surface area contributed by atoms with Gasteiger partial charge in [-0.15, -0.1) is 0 Å². The van der Waals surface area contributed by atoms with Crippen LogP contribution >= 0.6 is 0 Å². The van der Waals surface area contributed by atoms with E-state index >= 15 is 0 Å². The van der Waals surface area contributed by atoms with Crippen LogP contribution in [0.5, 0.6) is 5.75 Å². The number of hydrogen-bond acceptors (Lipinski definition) is 4. The number of anilines is 1. The molecular weight excluding hydrogens is 273 g/mol. The zero-order valence-corrected chi connectivity index (χ0v) is 10.9. The quantitative estimate of drug-likeness (QED) is 0.880. The summed E-state index contributed by atoms with van der Waals surface area (Å²) in [6.45, 7) is 2.82. The van der Waals surface area contributed by atoms with Crippen molar-refractivity contribution < 1.29 is 23.0 Å². The summed E-state index contributed by atoms with van der Waals surface area (Å²) < 4.78 is 41.3. The van der Waals surface area contributed by atoms with Gasteiger partial charge in [0.05, 0.1) is 0 Å². The zero-order chi connectivity index (χ0) is 14.6. The van der Waals surface area contributed by atoms with Crippen molar-refractivity contribution in [1.82, 2.24) is 5.32 Å². The number of aliphatic hydroxyl groups is 1. The molecule has 2 rings (SSSR count). The van der Waals surface area contributed by atoms with Gasteiger partial charge in [-0.1, -0.05) is 0 Å². The molecule has 1 heterocycles. The number of benzene rings is 1. The van der Waals surface area contributed by atoms with Gasteiger partial charge < -0.3 is 20.1 Å². The molecule has 0 saturated carbocycles. The Kier molecular flexibility index (Phi) is 4.72. The van der Waals surface area contributed by atoms with Crippen LogP contribution in [0.25, 0.3) is 0 Å². The summed E-state index contributed by atoms with van der Waals surface area (Å²) in [5.74, 6) is 0.312. The summed E-state index contributed by atoms with van der Waals surface area (Å²) in [4.78, 5) is 2.19. The van der Waals surface area contributed by atoms with E-state index in [2.05, 4.69) is 10.2 Å². The fraction of sp³-hybridized carbons (Fsp3) is 0.538. The molecule has 0 spiro atoms. The van der Waals surface area contributed by atoms with E-state index < -0.39 is 18.9 Å². The van der Waals surface area contributed by atoms with E-state index in [1.54, 1.807) is 24.3 Å². The minimum Gasteiger partial charge on any atom is -0.491 e. The van der Waals surface area contributed by atoms with E-state index in [1.807, 2.05) is 0 Å². The van der Waals surface area contributed by atoms with Gasteiger partial charge in [0, 0.05) is 31.9 Å². The predicted molar refractivity (Wildman–Crippen MR) is 69.1 cm³/mol. The second-order valence-corrected chi connectivity index (χ2v) is 4.60. The number of hydrogen-bond donors (Lipinski definition) is 2. The van der Waals surface area contributed by atoms with E-state index in [-0.39, 0.29) is 0 Å². The van der Waals surface area contributed by atoms with Crippen molar-refractivity contribution in [2.45, 2.75) is 12.3 Å². The molecule has 7 heteroatoms. The minimum absolute atomic E-state index is 0.312. The number of alkyl halides is 3. The molecule has 20 heavy (non-hydrogen) atoms. The van der Waals surface area contributed by atoms with Crippen molar-refractivity contribution in [2.24, 2.45) is 0 Å². The van der Waals surface area contributed by atoms with Crippen LogP contribution < -0.4 is 15.0 Å². The third kappa shape index (κ3) is 4.01. The molecule has 1 aliphatic rings. The van der Waals surface area contributed by atoms with Gasteiger partial charge in [-0.2, -0.15) is 13.2 Å². The maximum absolute atomic E-state index is 12.1. The normalized spacial score (nSPS) is 17.9. The van der Waals surface area contributed by atoms with Gasteiger partial charge in [-0.3, -0.25) is 0 Å². The van der Waals surface area contributed by atoms with Crippen molar-refractivity contribution in [3.05, 3.63) is 24.3 Å². The Bertz CT molecular complexity index is 417. The first-order valence-corrected chi connectivity index (χ1v) is 6.40. The molecule has 1 aliphatic heterocycles. The predicted octanol–water partition coefficient (Wildman–Crippen LogP) is 1.40. The summed E-state index contributed by atoms with van der Waals surface area (Å²) >= 11 is 0. The van der Waals surface area contributed by atoms with Crippen LogP contribution in [0, 0.1) is 0 Å². The Morgan fingerprint density at radius 1 is 1.20 bits per heavy atom. The maximum atomic E-state index is 12.1. The van der Waals surface area contributed by atoms with Crippen LogP contribution in [0.4, 0.5) is 18.9 Å². The number of nitrogens with zero attached hydrogens (tertiary/aromatic N) is 1. The Morgan fingerprint density at radius 2 is 1.80 bits per heavy atom. The van der Waals surface area contributed by atoms with E-state index in [4.69, 9.17) is 9.84 Å². The van der Waals surface area contributed by atoms with Crippen molar-refractivity contribution in [2.75, 3.05) is 37.7 Å². The molecule has 1 unspecified atom stereocenters. The number of piperazine rings is 1. The van der Waals surface area contributed by atoms with Crippen LogP contribution in [0.3, 0.4) is 0 Å². The molecule has 1 atom stereocenters. The van der Waals surface area contributed by atoms with Gasteiger partial charge in [0.2, 0.25) is 0 Å². The first kappa shape index (κ1) is 14.9. The molecule has 0 bridgehead atoms. The van der Waals surface area contributed by atoms with E-state index in [0.717, 1.165) is 31.9 Å². The minimum atomic E-state index is -4.65. The second-order valence-electron chi connectivity index (χ2n) is 4.60. The lowest BCUT2D eigenvalue weighted by Crippen LogP contribution is -2.43. The van der Waals surface area contributed by atoms with Gasteiger partial charge in [-0.05, 0) is 24.3 Å². The fourth-order valence-corrected chi connectivity index (χ4v) is 1.95. The number of nitrogens with one attached hydrogen (secondary N) is 1. The van der Waals surface area contributed by atoms with Crippen LogP contribution in [0.15, 0.2) is 24.3 Å². The van der Waals surface area contributed by atoms with Crippen molar-refractivity contribution in [3.63, 3.8) is 0 Å². The highest BCUT2D eigenvalue weighted by atomic mass is 19.4. The van der Waals surface area contributed by atoms with E-state index in [0.29, 0.717) is 5.75 Å². The van der Waals surface area contributed by atoms with Crippen molar-refractivity contribution in [3.8, 4) is 5.75 Å². The molecule has 1 saturated heterocycles. The Hall–Kier alpha value is -1.47. The fourth-order valence-electron chi connectivity index (χ4n) is 1.95. The SMILES string of the molecule is OC(COc1ccc(N2CCNCC2)cc1)C(F)(F)F. The molecule has 1 fully saturated rings. The van der Waals surface area contributed by atoms with Gasteiger partial charge in [0.25, 0.3) is 0 Å². The molecule has 0 amide bonds. The molecule has 1 aromatic rings. The highest BCUT2D eigenvalue weighted by molar-refractivity contribution is 5.49. The summed E-state index contributed by atoms with van der Waals surface area (Å²) in [5.41, 5.74) is 1.01. The lowest BCUT2D eigenvalue weighted by atomic mass is 10.2. The zero-order valence-electron chi connectivity index (χ0n) is 10.9. The Balaban J connectivity index is 1.88. The van der Waals surface area contributed by atoms with Gasteiger partial charge in [0.15, 0.2) is 6.10 Å². The third-order valence-electron chi connectivity index (χ3n) is 3.10. The smallest absolute Gasteiger partial charge is 0.417 e. The maximum Gasteiger partial charge on any atom is 0.417 e.